The number of benzene rings is 1. The maximum atomic E-state index is 12.8. The Morgan fingerprint density at radius 3 is 2.55 bits per heavy atom. The number of nitrogens with zero attached hydrogens (tertiary/aromatic N) is 4. The maximum absolute atomic E-state index is 12.8. The van der Waals surface area contributed by atoms with Gasteiger partial charge in [-0.15, -0.1) is 0 Å². The van der Waals surface area contributed by atoms with E-state index in [1.807, 2.05) is 45.9 Å². The van der Waals surface area contributed by atoms with Gasteiger partial charge in [-0.05, 0) is 50.3 Å². The number of nitrogens with one attached hydrogen (secondary N) is 1. The largest absolute Gasteiger partial charge is 0.334 e. The summed E-state index contributed by atoms with van der Waals surface area (Å²) in [5.41, 5.74) is 5.70. The number of hydrogen-bond acceptors (Lipinski definition) is 5. The molecule has 2 aromatic heterocycles. The van der Waals surface area contributed by atoms with Crippen LogP contribution in [0.4, 0.5) is 5.69 Å². The van der Waals surface area contributed by atoms with E-state index in [0.717, 1.165) is 40.3 Å². The van der Waals surface area contributed by atoms with Crippen molar-refractivity contribution in [3.8, 4) is 11.5 Å². The Labute approximate surface area is 184 Å². The lowest BCUT2D eigenvalue weighted by molar-refractivity contribution is -0.116. The van der Waals surface area contributed by atoms with Crippen LogP contribution in [0.3, 0.4) is 0 Å². The summed E-state index contributed by atoms with van der Waals surface area (Å²) >= 11 is 0. The first-order chi connectivity index (χ1) is 14.7. The highest BCUT2D eigenvalue weighted by Crippen LogP contribution is 2.31. The molecule has 1 amide bonds. The first-order valence-electron chi connectivity index (χ1n) is 10.9. The zero-order chi connectivity index (χ0) is 22.7. The van der Waals surface area contributed by atoms with Gasteiger partial charge < -0.3 is 9.84 Å². The minimum atomic E-state index is -0.0467. The lowest BCUT2D eigenvalue weighted by atomic mass is 10.1. The molecule has 2 heterocycles. The summed E-state index contributed by atoms with van der Waals surface area (Å²) in [4.78, 5) is 17.3. The number of carbonyl (C=O) groups excluding carboxylic acids is 1. The Bertz CT molecular complexity index is 1060. The van der Waals surface area contributed by atoms with Gasteiger partial charge >= 0.3 is 0 Å². The summed E-state index contributed by atoms with van der Waals surface area (Å²) in [7, 11) is 0. The fourth-order valence-corrected chi connectivity index (χ4v) is 3.65. The highest BCUT2D eigenvalue weighted by molar-refractivity contribution is 5.95. The van der Waals surface area contributed by atoms with Gasteiger partial charge in [0.15, 0.2) is 5.82 Å². The molecule has 1 aromatic carbocycles. The third-order valence-corrected chi connectivity index (χ3v) is 5.40. The van der Waals surface area contributed by atoms with Gasteiger partial charge in [0.05, 0.1) is 16.9 Å². The van der Waals surface area contributed by atoms with Crippen LogP contribution in [0.25, 0.3) is 11.5 Å². The maximum Gasteiger partial charge on any atom is 0.260 e. The zero-order valence-electron chi connectivity index (χ0n) is 19.6. The summed E-state index contributed by atoms with van der Waals surface area (Å²) < 4.78 is 7.51. The molecule has 3 aromatic rings. The number of carbonyl (C=O) groups is 1. The molecule has 0 radical (unpaired) electrons. The predicted molar refractivity (Wildman–Crippen MR) is 122 cm³/mol. The second kappa shape index (κ2) is 9.45. The van der Waals surface area contributed by atoms with Crippen molar-refractivity contribution in [3.05, 3.63) is 46.5 Å². The Hall–Kier alpha value is -2.96. The number of rotatable bonds is 8. The van der Waals surface area contributed by atoms with Crippen LogP contribution in [-0.4, -0.2) is 25.8 Å². The molecule has 166 valence electrons. The van der Waals surface area contributed by atoms with Crippen LogP contribution in [0.1, 0.15) is 68.4 Å². The van der Waals surface area contributed by atoms with Crippen LogP contribution in [0.2, 0.25) is 0 Å². The van der Waals surface area contributed by atoms with Crippen molar-refractivity contribution >= 4 is 11.6 Å². The van der Waals surface area contributed by atoms with E-state index in [2.05, 4.69) is 46.0 Å². The normalized spacial score (nSPS) is 11.5. The molecule has 0 saturated heterocycles. The quantitative estimate of drug-likeness (QED) is 0.537. The zero-order valence-corrected chi connectivity index (χ0v) is 19.6. The molecule has 0 aliphatic carbocycles. The molecule has 0 fully saturated rings. The summed E-state index contributed by atoms with van der Waals surface area (Å²) in [5, 5.41) is 11.8. The van der Waals surface area contributed by atoms with Gasteiger partial charge in [0, 0.05) is 24.6 Å². The van der Waals surface area contributed by atoms with Gasteiger partial charge in [0.25, 0.3) is 5.89 Å². The number of aromatic nitrogens is 4. The SMILES string of the molecule is Cc1cccc(-c2nc(C(C)C)no2)c1NC(=O)CCc1c(C)nn(CC(C)C)c1C. The van der Waals surface area contributed by atoms with E-state index in [1.165, 1.54) is 0 Å². The van der Waals surface area contributed by atoms with Crippen LogP contribution in [0.15, 0.2) is 22.7 Å². The molecule has 0 bridgehead atoms. The van der Waals surface area contributed by atoms with E-state index in [0.29, 0.717) is 30.5 Å². The topological polar surface area (TPSA) is 85.8 Å². The smallest absolute Gasteiger partial charge is 0.260 e. The van der Waals surface area contributed by atoms with Gasteiger partial charge in [-0.25, -0.2) is 0 Å². The lowest BCUT2D eigenvalue weighted by Crippen LogP contribution is -2.14. The standard InChI is InChI=1S/C24H33N5O2/c1-14(2)13-29-18(7)19(17(6)27-29)11-12-21(30)25-22-16(5)9-8-10-20(22)24-26-23(15(3)4)28-31-24/h8-10,14-15H,11-13H2,1-7H3,(H,25,30). The van der Waals surface area contributed by atoms with Gasteiger partial charge in [0.2, 0.25) is 5.91 Å². The van der Waals surface area contributed by atoms with E-state index >= 15 is 0 Å². The summed E-state index contributed by atoms with van der Waals surface area (Å²) in [6, 6.07) is 5.78. The van der Waals surface area contributed by atoms with Crippen molar-refractivity contribution in [1.29, 1.82) is 0 Å². The lowest BCUT2D eigenvalue weighted by Gasteiger charge is -2.12. The number of anilines is 1. The van der Waals surface area contributed by atoms with Gasteiger partial charge in [-0.2, -0.15) is 10.1 Å². The minimum Gasteiger partial charge on any atom is -0.334 e. The summed E-state index contributed by atoms with van der Waals surface area (Å²) in [6.07, 6.45) is 1.03. The Kier molecular flexibility index (Phi) is 6.93. The minimum absolute atomic E-state index is 0.0467. The Morgan fingerprint density at radius 2 is 1.90 bits per heavy atom. The Balaban J connectivity index is 1.75. The monoisotopic (exact) mass is 423 g/mol. The van der Waals surface area contributed by atoms with Crippen molar-refractivity contribution < 1.29 is 9.32 Å². The molecular formula is C24H33N5O2. The second-order valence-electron chi connectivity index (χ2n) is 8.88. The molecule has 0 saturated carbocycles. The molecule has 0 unspecified atom stereocenters. The highest BCUT2D eigenvalue weighted by Gasteiger charge is 2.19. The molecule has 1 N–H and O–H groups in total. The highest BCUT2D eigenvalue weighted by atomic mass is 16.5. The molecule has 31 heavy (non-hydrogen) atoms. The molecule has 0 aliphatic heterocycles. The van der Waals surface area contributed by atoms with Crippen molar-refractivity contribution in [2.45, 2.75) is 73.8 Å². The van der Waals surface area contributed by atoms with Crippen LogP contribution in [-0.2, 0) is 17.8 Å². The molecule has 7 heteroatoms. The van der Waals surface area contributed by atoms with Gasteiger partial charge in [-0.3, -0.25) is 9.48 Å². The third-order valence-electron chi connectivity index (χ3n) is 5.40. The fourth-order valence-electron chi connectivity index (χ4n) is 3.65. The molecule has 0 spiro atoms. The van der Waals surface area contributed by atoms with Crippen molar-refractivity contribution in [2.24, 2.45) is 5.92 Å². The summed E-state index contributed by atoms with van der Waals surface area (Å²) in [5.74, 6) is 1.72. The van der Waals surface area contributed by atoms with Gasteiger partial charge in [-0.1, -0.05) is 45.0 Å². The van der Waals surface area contributed by atoms with Crippen LogP contribution in [0, 0.1) is 26.7 Å². The average molecular weight is 424 g/mol. The second-order valence-corrected chi connectivity index (χ2v) is 8.88. The first kappa shape index (κ1) is 22.7. The molecule has 0 atom stereocenters. The number of aryl methyl sites for hydroxylation is 2. The molecule has 7 nitrogen and oxygen atoms in total. The fraction of sp³-hybridized carbons (Fsp3) is 0.500. The number of para-hydroxylation sites is 1. The summed E-state index contributed by atoms with van der Waals surface area (Å²) in [6.45, 7) is 15.3. The third kappa shape index (κ3) is 5.21. The predicted octanol–water partition coefficient (Wildman–Crippen LogP) is 5.21. The molecular weight excluding hydrogens is 390 g/mol. The van der Waals surface area contributed by atoms with Crippen molar-refractivity contribution in [3.63, 3.8) is 0 Å². The average Bonchev–Trinajstić information content (AvgIpc) is 3.27. The van der Waals surface area contributed by atoms with Crippen molar-refractivity contribution in [2.75, 3.05) is 5.32 Å². The molecule has 3 rings (SSSR count). The number of amides is 1. The van der Waals surface area contributed by atoms with E-state index < -0.39 is 0 Å². The van der Waals surface area contributed by atoms with Crippen LogP contribution >= 0.6 is 0 Å². The number of hydrogen-bond donors (Lipinski definition) is 1. The Morgan fingerprint density at radius 1 is 1.16 bits per heavy atom. The van der Waals surface area contributed by atoms with E-state index in [9.17, 15) is 4.79 Å². The first-order valence-corrected chi connectivity index (χ1v) is 10.9. The van der Waals surface area contributed by atoms with Crippen molar-refractivity contribution in [1.82, 2.24) is 19.9 Å². The van der Waals surface area contributed by atoms with Crippen LogP contribution < -0.4 is 5.32 Å². The van der Waals surface area contributed by atoms with E-state index in [-0.39, 0.29) is 11.8 Å². The van der Waals surface area contributed by atoms with Crippen LogP contribution in [0.5, 0.6) is 0 Å². The molecule has 0 aliphatic rings. The van der Waals surface area contributed by atoms with Gasteiger partial charge in [0.1, 0.15) is 0 Å². The van der Waals surface area contributed by atoms with E-state index in [1.54, 1.807) is 0 Å². The van der Waals surface area contributed by atoms with E-state index in [4.69, 9.17) is 4.52 Å².